The van der Waals surface area contributed by atoms with Gasteiger partial charge in [-0.05, 0) is 12.1 Å². The lowest BCUT2D eigenvalue weighted by Crippen LogP contribution is -2.47. The van der Waals surface area contributed by atoms with Gasteiger partial charge in [0.05, 0.1) is 20.3 Å². The predicted octanol–water partition coefficient (Wildman–Crippen LogP) is 0.228. The van der Waals surface area contributed by atoms with Crippen LogP contribution >= 0.6 is 0 Å². The highest BCUT2D eigenvalue weighted by atomic mass is 32.2. The van der Waals surface area contributed by atoms with Crippen molar-refractivity contribution in [3.05, 3.63) is 30.6 Å². The van der Waals surface area contributed by atoms with Crippen LogP contribution in [-0.2, 0) is 14.8 Å². The number of hydrogen-bond donors (Lipinski definition) is 0. The first-order valence-corrected chi connectivity index (χ1v) is 10.9. The minimum Gasteiger partial charge on any atom is -0.481 e. The van der Waals surface area contributed by atoms with Crippen molar-refractivity contribution < 1.29 is 17.9 Å². The molecule has 10 nitrogen and oxygen atoms in total. The second-order valence-electron chi connectivity index (χ2n) is 6.74. The van der Waals surface area contributed by atoms with Crippen molar-refractivity contribution in [2.45, 2.75) is 4.90 Å². The second kappa shape index (κ2) is 8.47. The summed E-state index contributed by atoms with van der Waals surface area (Å²) in [4.78, 5) is 17.5. The van der Waals surface area contributed by atoms with Crippen LogP contribution in [0.25, 0.3) is 0 Å². The number of pyridine rings is 1. The van der Waals surface area contributed by atoms with E-state index in [4.69, 9.17) is 9.47 Å². The van der Waals surface area contributed by atoms with Crippen LogP contribution in [0.3, 0.4) is 0 Å². The van der Waals surface area contributed by atoms with Gasteiger partial charge in [0.15, 0.2) is 0 Å². The smallest absolute Gasteiger partial charge is 0.244 e. The van der Waals surface area contributed by atoms with E-state index in [1.54, 1.807) is 31.5 Å². The van der Waals surface area contributed by atoms with Crippen LogP contribution in [0.5, 0.6) is 5.88 Å². The van der Waals surface area contributed by atoms with Crippen LogP contribution in [0.2, 0.25) is 0 Å². The summed E-state index contributed by atoms with van der Waals surface area (Å²) >= 11 is 0. The zero-order valence-electron chi connectivity index (χ0n) is 16.3. The summed E-state index contributed by atoms with van der Waals surface area (Å²) in [6.45, 7) is 4.55. The Hall–Kier alpha value is -2.50. The number of piperazine rings is 1. The molecule has 0 unspecified atom stereocenters. The van der Waals surface area contributed by atoms with Crippen LogP contribution in [0.4, 0.5) is 11.8 Å². The van der Waals surface area contributed by atoms with Crippen molar-refractivity contribution in [2.24, 2.45) is 0 Å². The standard InChI is InChI=1S/C18H24N6O4S/c1-27-17-4-5-19-18(21-17)23-8-6-22(7-9-23)16-3-2-15(14-20-16)29(25,26)24-10-12-28-13-11-24/h2-5,14H,6-13H2,1H3. The quantitative estimate of drug-likeness (QED) is 0.673. The van der Waals surface area contributed by atoms with Gasteiger partial charge < -0.3 is 19.3 Å². The van der Waals surface area contributed by atoms with Crippen molar-refractivity contribution in [1.29, 1.82) is 0 Å². The molecule has 4 rings (SSSR count). The van der Waals surface area contributed by atoms with E-state index >= 15 is 0 Å². The molecule has 0 bridgehead atoms. The van der Waals surface area contributed by atoms with E-state index in [1.807, 2.05) is 0 Å². The first-order valence-electron chi connectivity index (χ1n) is 9.49. The molecule has 2 fully saturated rings. The van der Waals surface area contributed by atoms with E-state index in [2.05, 4.69) is 24.8 Å². The predicted molar refractivity (Wildman–Crippen MR) is 107 cm³/mol. The molecule has 2 aromatic rings. The molecule has 29 heavy (non-hydrogen) atoms. The highest BCUT2D eigenvalue weighted by molar-refractivity contribution is 7.89. The number of rotatable bonds is 5. The fraction of sp³-hybridized carbons (Fsp3) is 0.500. The fourth-order valence-electron chi connectivity index (χ4n) is 3.38. The molecule has 2 aromatic heterocycles. The SMILES string of the molecule is COc1ccnc(N2CCN(c3ccc(S(=O)(=O)N4CCOCC4)cn3)CC2)n1. The first-order chi connectivity index (χ1) is 14.1. The molecule has 0 spiro atoms. The molecule has 0 N–H and O–H groups in total. The van der Waals surface area contributed by atoms with Gasteiger partial charge in [0, 0.05) is 57.7 Å². The lowest BCUT2D eigenvalue weighted by atomic mass is 10.3. The molecule has 2 aliphatic heterocycles. The maximum atomic E-state index is 12.7. The van der Waals surface area contributed by atoms with E-state index in [9.17, 15) is 8.42 Å². The van der Waals surface area contributed by atoms with Crippen molar-refractivity contribution in [3.8, 4) is 5.88 Å². The van der Waals surface area contributed by atoms with Gasteiger partial charge in [0.2, 0.25) is 21.9 Å². The Morgan fingerprint density at radius 2 is 1.69 bits per heavy atom. The molecular weight excluding hydrogens is 396 g/mol. The number of ether oxygens (including phenoxy) is 2. The van der Waals surface area contributed by atoms with Crippen LogP contribution in [0.1, 0.15) is 0 Å². The highest BCUT2D eigenvalue weighted by Crippen LogP contribution is 2.21. The largest absolute Gasteiger partial charge is 0.481 e. The van der Waals surface area contributed by atoms with Crippen LogP contribution in [0.15, 0.2) is 35.5 Å². The molecule has 2 aliphatic rings. The lowest BCUT2D eigenvalue weighted by Gasteiger charge is -2.35. The van der Waals surface area contributed by atoms with Crippen molar-refractivity contribution in [3.63, 3.8) is 0 Å². The molecule has 0 aliphatic carbocycles. The van der Waals surface area contributed by atoms with Gasteiger partial charge in [-0.15, -0.1) is 0 Å². The molecule has 0 radical (unpaired) electrons. The fourth-order valence-corrected chi connectivity index (χ4v) is 4.74. The van der Waals surface area contributed by atoms with Crippen molar-refractivity contribution in [1.82, 2.24) is 19.3 Å². The molecule has 156 valence electrons. The maximum Gasteiger partial charge on any atom is 0.244 e. The molecule has 0 amide bonds. The summed E-state index contributed by atoms with van der Waals surface area (Å²) in [5.74, 6) is 1.94. The minimum absolute atomic E-state index is 0.214. The molecule has 0 saturated carbocycles. The van der Waals surface area contributed by atoms with Gasteiger partial charge in [0.25, 0.3) is 0 Å². The molecule has 0 atom stereocenters. The minimum atomic E-state index is -3.53. The van der Waals surface area contributed by atoms with Crippen LogP contribution in [-0.4, -0.2) is 87.3 Å². The van der Waals surface area contributed by atoms with E-state index in [1.165, 1.54) is 10.5 Å². The van der Waals surface area contributed by atoms with Gasteiger partial charge in [-0.2, -0.15) is 9.29 Å². The van der Waals surface area contributed by atoms with Crippen molar-refractivity contribution >= 4 is 21.8 Å². The number of hydrogen-bond acceptors (Lipinski definition) is 9. The lowest BCUT2D eigenvalue weighted by molar-refractivity contribution is 0.0730. The first kappa shape index (κ1) is 19.8. The normalized spacial score (nSPS) is 18.7. The number of anilines is 2. The van der Waals surface area contributed by atoms with Gasteiger partial charge in [0.1, 0.15) is 10.7 Å². The highest BCUT2D eigenvalue weighted by Gasteiger charge is 2.27. The summed E-state index contributed by atoms with van der Waals surface area (Å²) in [6.07, 6.45) is 3.13. The number of aromatic nitrogens is 3. The zero-order chi connectivity index (χ0) is 20.3. The third kappa shape index (κ3) is 4.26. The molecule has 11 heteroatoms. The van der Waals surface area contributed by atoms with Gasteiger partial charge >= 0.3 is 0 Å². The van der Waals surface area contributed by atoms with E-state index in [0.717, 1.165) is 32.0 Å². The van der Waals surface area contributed by atoms with Gasteiger partial charge in [-0.3, -0.25) is 0 Å². The molecule has 4 heterocycles. The molecular formula is C18H24N6O4S. The Morgan fingerprint density at radius 1 is 0.966 bits per heavy atom. The van der Waals surface area contributed by atoms with E-state index < -0.39 is 10.0 Å². The molecule has 0 aromatic carbocycles. The van der Waals surface area contributed by atoms with Crippen LogP contribution in [0, 0.1) is 0 Å². The summed E-state index contributed by atoms with van der Waals surface area (Å²) < 4.78 is 37.3. The van der Waals surface area contributed by atoms with E-state index in [0.29, 0.717) is 38.1 Å². The third-order valence-corrected chi connectivity index (χ3v) is 6.92. The molecule has 2 saturated heterocycles. The Morgan fingerprint density at radius 3 is 2.34 bits per heavy atom. The van der Waals surface area contributed by atoms with Crippen molar-refractivity contribution in [2.75, 3.05) is 69.4 Å². The summed E-state index contributed by atoms with van der Waals surface area (Å²) in [6, 6.07) is 5.12. The summed E-state index contributed by atoms with van der Waals surface area (Å²) in [5, 5.41) is 0. The Kier molecular flexibility index (Phi) is 5.79. The third-order valence-electron chi connectivity index (χ3n) is 5.04. The van der Waals surface area contributed by atoms with Gasteiger partial charge in [-0.1, -0.05) is 0 Å². The number of sulfonamides is 1. The Labute approximate surface area is 170 Å². The average molecular weight is 420 g/mol. The van der Waals surface area contributed by atoms with E-state index in [-0.39, 0.29) is 4.90 Å². The van der Waals surface area contributed by atoms with Gasteiger partial charge in [-0.25, -0.2) is 18.4 Å². The Balaban J connectivity index is 1.40. The number of methoxy groups -OCH3 is 1. The number of nitrogens with zero attached hydrogens (tertiary/aromatic N) is 6. The monoisotopic (exact) mass is 420 g/mol. The maximum absolute atomic E-state index is 12.7. The van der Waals surface area contributed by atoms with Crippen LogP contribution < -0.4 is 14.5 Å². The average Bonchev–Trinajstić information content (AvgIpc) is 2.80. The zero-order valence-corrected chi connectivity index (χ0v) is 17.1. The second-order valence-corrected chi connectivity index (χ2v) is 8.68. The summed E-state index contributed by atoms with van der Waals surface area (Å²) in [7, 11) is -1.94. The summed E-state index contributed by atoms with van der Waals surface area (Å²) in [5.41, 5.74) is 0. The topological polar surface area (TPSA) is 101 Å². The Bertz CT molecular complexity index is 926. The number of morpholine rings is 1.